The fraction of sp³-hybridized carbons (Fsp3) is 0.333. The fourth-order valence-corrected chi connectivity index (χ4v) is 2.40. The molecule has 1 N–H and O–H groups in total. The molecule has 2 aromatic rings. The molecule has 0 heterocycles. The highest BCUT2D eigenvalue weighted by Crippen LogP contribution is 2.17. The Labute approximate surface area is 149 Å². The van der Waals surface area contributed by atoms with E-state index in [0.29, 0.717) is 11.3 Å². The summed E-state index contributed by atoms with van der Waals surface area (Å²) in [5.74, 6) is 0.576. The maximum absolute atomic E-state index is 12.2. The lowest BCUT2D eigenvalue weighted by molar-refractivity contribution is -0.116. The summed E-state index contributed by atoms with van der Waals surface area (Å²) < 4.78 is 5.56. The molecule has 2 rings (SSSR count). The molecule has 132 valence electrons. The SMILES string of the molecule is Cc1ccc(C(=O)CCC(=O)Nc2ccc(OC(C)C)cc2)cc1C. The summed E-state index contributed by atoms with van der Waals surface area (Å²) in [6.45, 7) is 7.91. The topological polar surface area (TPSA) is 55.4 Å². The average Bonchev–Trinajstić information content (AvgIpc) is 2.56. The molecule has 4 nitrogen and oxygen atoms in total. The number of hydrogen-bond donors (Lipinski definition) is 1. The molecule has 0 aliphatic heterocycles. The van der Waals surface area contributed by atoms with Gasteiger partial charge in [-0.2, -0.15) is 0 Å². The summed E-state index contributed by atoms with van der Waals surface area (Å²) in [6.07, 6.45) is 0.468. The average molecular weight is 339 g/mol. The van der Waals surface area contributed by atoms with Gasteiger partial charge in [-0.1, -0.05) is 12.1 Å². The highest BCUT2D eigenvalue weighted by atomic mass is 16.5. The second kappa shape index (κ2) is 8.47. The zero-order chi connectivity index (χ0) is 18.4. The van der Waals surface area contributed by atoms with E-state index in [1.807, 2.05) is 58.0 Å². The maximum Gasteiger partial charge on any atom is 0.224 e. The van der Waals surface area contributed by atoms with Gasteiger partial charge in [-0.25, -0.2) is 0 Å². The molecule has 0 aliphatic rings. The fourth-order valence-electron chi connectivity index (χ4n) is 2.40. The third-order valence-corrected chi connectivity index (χ3v) is 3.92. The third-order valence-electron chi connectivity index (χ3n) is 3.92. The quantitative estimate of drug-likeness (QED) is 0.744. The van der Waals surface area contributed by atoms with Crippen molar-refractivity contribution in [1.29, 1.82) is 0 Å². The van der Waals surface area contributed by atoms with Gasteiger partial charge in [0.1, 0.15) is 5.75 Å². The van der Waals surface area contributed by atoms with E-state index in [-0.39, 0.29) is 30.6 Å². The Kier molecular flexibility index (Phi) is 6.34. The lowest BCUT2D eigenvalue weighted by Gasteiger charge is -2.10. The van der Waals surface area contributed by atoms with Gasteiger partial charge >= 0.3 is 0 Å². The number of amides is 1. The van der Waals surface area contributed by atoms with Gasteiger partial charge in [-0.15, -0.1) is 0 Å². The van der Waals surface area contributed by atoms with E-state index < -0.39 is 0 Å². The number of carbonyl (C=O) groups excluding carboxylic acids is 2. The van der Waals surface area contributed by atoms with Crippen LogP contribution >= 0.6 is 0 Å². The Morgan fingerprint density at radius 2 is 1.64 bits per heavy atom. The van der Waals surface area contributed by atoms with E-state index in [9.17, 15) is 9.59 Å². The van der Waals surface area contributed by atoms with Gasteiger partial charge < -0.3 is 10.1 Å². The minimum absolute atomic E-state index is 0.0149. The predicted molar refractivity (Wildman–Crippen MR) is 100 cm³/mol. The van der Waals surface area contributed by atoms with Gasteiger partial charge in [0.05, 0.1) is 6.10 Å². The van der Waals surface area contributed by atoms with E-state index in [1.165, 1.54) is 0 Å². The van der Waals surface area contributed by atoms with Crippen LogP contribution in [0.4, 0.5) is 5.69 Å². The molecule has 4 heteroatoms. The molecule has 0 saturated carbocycles. The number of ketones is 1. The third kappa shape index (κ3) is 5.75. The second-order valence-corrected chi connectivity index (χ2v) is 6.46. The van der Waals surface area contributed by atoms with Crippen molar-refractivity contribution in [3.8, 4) is 5.75 Å². The van der Waals surface area contributed by atoms with Crippen molar-refractivity contribution < 1.29 is 14.3 Å². The molecular weight excluding hydrogens is 314 g/mol. The van der Waals surface area contributed by atoms with Crippen molar-refractivity contribution in [1.82, 2.24) is 0 Å². The van der Waals surface area contributed by atoms with Crippen LogP contribution in [0.2, 0.25) is 0 Å². The van der Waals surface area contributed by atoms with Gasteiger partial charge in [-0.05, 0) is 69.2 Å². The number of hydrogen-bond acceptors (Lipinski definition) is 3. The highest BCUT2D eigenvalue weighted by molar-refractivity contribution is 6.00. The summed E-state index contributed by atoms with van der Waals surface area (Å²) in [5.41, 5.74) is 3.59. The van der Waals surface area contributed by atoms with Gasteiger partial charge in [0.2, 0.25) is 5.91 Å². The van der Waals surface area contributed by atoms with Crippen LogP contribution < -0.4 is 10.1 Å². The Morgan fingerprint density at radius 3 is 2.24 bits per heavy atom. The summed E-state index contributed by atoms with van der Waals surface area (Å²) in [7, 11) is 0. The van der Waals surface area contributed by atoms with Crippen LogP contribution in [0.5, 0.6) is 5.75 Å². The molecule has 25 heavy (non-hydrogen) atoms. The molecular formula is C21H25NO3. The molecule has 1 amide bonds. The van der Waals surface area contributed by atoms with E-state index >= 15 is 0 Å². The summed E-state index contributed by atoms with van der Waals surface area (Å²) in [5, 5.41) is 2.80. The van der Waals surface area contributed by atoms with Crippen LogP contribution in [-0.4, -0.2) is 17.8 Å². The van der Waals surface area contributed by atoms with Crippen LogP contribution in [0.1, 0.15) is 48.2 Å². The molecule has 0 aliphatic carbocycles. The molecule has 0 aromatic heterocycles. The minimum atomic E-state index is -0.172. The molecule has 0 bridgehead atoms. The zero-order valence-corrected chi connectivity index (χ0v) is 15.3. The van der Waals surface area contributed by atoms with Crippen molar-refractivity contribution in [3.05, 3.63) is 59.2 Å². The van der Waals surface area contributed by atoms with Crippen LogP contribution in [0.25, 0.3) is 0 Å². The van der Waals surface area contributed by atoms with Crippen molar-refractivity contribution in [2.45, 2.75) is 46.6 Å². The van der Waals surface area contributed by atoms with Crippen molar-refractivity contribution in [3.63, 3.8) is 0 Å². The molecule has 0 radical (unpaired) electrons. The van der Waals surface area contributed by atoms with Gasteiger partial charge in [0.25, 0.3) is 0 Å². The monoisotopic (exact) mass is 339 g/mol. The van der Waals surface area contributed by atoms with E-state index in [1.54, 1.807) is 12.1 Å². The molecule has 2 aromatic carbocycles. The van der Waals surface area contributed by atoms with Crippen LogP contribution in [0.15, 0.2) is 42.5 Å². The molecule has 0 spiro atoms. The summed E-state index contributed by atoms with van der Waals surface area (Å²) >= 11 is 0. The first-order valence-electron chi connectivity index (χ1n) is 8.52. The number of Topliss-reactive ketones (excluding diaryl/α,β-unsaturated/α-hetero) is 1. The maximum atomic E-state index is 12.2. The van der Waals surface area contributed by atoms with Crippen molar-refractivity contribution >= 4 is 17.4 Å². The van der Waals surface area contributed by atoms with E-state index in [4.69, 9.17) is 4.74 Å². The van der Waals surface area contributed by atoms with Crippen LogP contribution in [0.3, 0.4) is 0 Å². The normalized spacial score (nSPS) is 10.6. The van der Waals surface area contributed by atoms with Gasteiger partial charge in [0, 0.05) is 24.1 Å². The van der Waals surface area contributed by atoms with E-state index in [0.717, 1.165) is 16.9 Å². The number of carbonyl (C=O) groups is 2. The minimum Gasteiger partial charge on any atom is -0.491 e. The summed E-state index contributed by atoms with van der Waals surface area (Å²) in [4.78, 5) is 24.3. The second-order valence-electron chi connectivity index (χ2n) is 6.46. The number of ether oxygens (including phenoxy) is 1. The lowest BCUT2D eigenvalue weighted by atomic mass is 10.0. The van der Waals surface area contributed by atoms with Gasteiger partial charge in [0.15, 0.2) is 5.78 Å². The van der Waals surface area contributed by atoms with Crippen molar-refractivity contribution in [2.24, 2.45) is 0 Å². The first-order valence-corrected chi connectivity index (χ1v) is 8.52. The lowest BCUT2D eigenvalue weighted by Crippen LogP contribution is -2.13. The largest absolute Gasteiger partial charge is 0.491 e. The molecule has 0 saturated heterocycles. The number of anilines is 1. The van der Waals surface area contributed by atoms with E-state index in [2.05, 4.69) is 5.32 Å². The van der Waals surface area contributed by atoms with Gasteiger partial charge in [-0.3, -0.25) is 9.59 Å². The molecule has 0 unspecified atom stereocenters. The Hall–Kier alpha value is -2.62. The van der Waals surface area contributed by atoms with Crippen LogP contribution in [-0.2, 0) is 4.79 Å². The predicted octanol–water partition coefficient (Wildman–Crippen LogP) is 4.69. The number of rotatable bonds is 7. The van der Waals surface area contributed by atoms with Crippen molar-refractivity contribution in [2.75, 3.05) is 5.32 Å². The first-order chi connectivity index (χ1) is 11.8. The molecule has 0 atom stereocenters. The number of nitrogens with one attached hydrogen (secondary N) is 1. The smallest absolute Gasteiger partial charge is 0.224 e. The molecule has 0 fully saturated rings. The Bertz CT molecular complexity index is 748. The Balaban J connectivity index is 1.85. The van der Waals surface area contributed by atoms with Crippen LogP contribution in [0, 0.1) is 13.8 Å². The number of aryl methyl sites for hydroxylation is 2. The highest BCUT2D eigenvalue weighted by Gasteiger charge is 2.10. The zero-order valence-electron chi connectivity index (χ0n) is 15.3. The summed E-state index contributed by atoms with van der Waals surface area (Å²) in [6, 6.07) is 12.8. The standard InChI is InChI=1S/C21H25NO3/c1-14(2)25-19-9-7-18(8-10-19)22-21(24)12-11-20(23)17-6-5-15(3)16(4)13-17/h5-10,13-14H,11-12H2,1-4H3,(H,22,24). The number of benzene rings is 2. The Morgan fingerprint density at radius 1 is 0.960 bits per heavy atom. The first kappa shape index (κ1) is 18.7.